The highest BCUT2D eigenvalue weighted by atomic mass is 16.5. The van der Waals surface area contributed by atoms with Crippen LogP contribution in [0.25, 0.3) is 0 Å². The smallest absolute Gasteiger partial charge is 0.338 e. The molecule has 3 heteroatoms. The average molecular weight is 262 g/mol. The average Bonchev–Trinajstić information content (AvgIpc) is 2.39. The van der Waals surface area contributed by atoms with Gasteiger partial charge in [0.15, 0.2) is 0 Å². The third-order valence-corrected chi connectivity index (χ3v) is 3.70. The molecule has 0 saturated heterocycles. The molecule has 2 atom stereocenters. The van der Waals surface area contributed by atoms with E-state index in [1.165, 1.54) is 6.42 Å². The molecule has 0 heterocycles. The predicted molar refractivity (Wildman–Crippen MR) is 74.0 cm³/mol. The largest absolute Gasteiger partial charge is 0.459 e. The molecule has 1 aromatic rings. The number of methoxy groups -OCH3 is 1. The molecule has 0 aliphatic heterocycles. The molecule has 0 radical (unpaired) electrons. The summed E-state index contributed by atoms with van der Waals surface area (Å²) >= 11 is 0. The van der Waals surface area contributed by atoms with Crippen LogP contribution >= 0.6 is 0 Å². The number of hydrogen-bond donors (Lipinski definition) is 0. The first-order valence-electron chi connectivity index (χ1n) is 6.98. The van der Waals surface area contributed by atoms with Crippen LogP contribution in [0.15, 0.2) is 24.3 Å². The van der Waals surface area contributed by atoms with E-state index in [0.29, 0.717) is 18.1 Å². The van der Waals surface area contributed by atoms with Crippen molar-refractivity contribution in [2.75, 3.05) is 7.11 Å². The number of carbonyl (C=O) groups is 1. The first kappa shape index (κ1) is 14.1. The second kappa shape index (κ2) is 6.71. The van der Waals surface area contributed by atoms with Gasteiger partial charge in [-0.15, -0.1) is 0 Å². The summed E-state index contributed by atoms with van der Waals surface area (Å²) in [5.74, 6) is 0.438. The van der Waals surface area contributed by atoms with Gasteiger partial charge in [-0.25, -0.2) is 4.79 Å². The first-order chi connectivity index (χ1) is 9.20. The minimum absolute atomic E-state index is 0.0758. The number of hydrogen-bond acceptors (Lipinski definition) is 3. The van der Waals surface area contributed by atoms with Crippen molar-refractivity contribution >= 4 is 5.97 Å². The summed E-state index contributed by atoms with van der Waals surface area (Å²) in [6, 6.07) is 7.49. The lowest BCUT2D eigenvalue weighted by molar-refractivity contribution is 0.0151. The van der Waals surface area contributed by atoms with Gasteiger partial charge in [-0.3, -0.25) is 0 Å². The lowest BCUT2D eigenvalue weighted by atomic mass is 9.88. The van der Waals surface area contributed by atoms with Gasteiger partial charge in [0.25, 0.3) is 0 Å². The van der Waals surface area contributed by atoms with Crippen molar-refractivity contribution in [1.82, 2.24) is 0 Å². The van der Waals surface area contributed by atoms with Crippen molar-refractivity contribution in [3.05, 3.63) is 35.4 Å². The fourth-order valence-electron chi connectivity index (χ4n) is 2.70. The van der Waals surface area contributed by atoms with Gasteiger partial charge in [-0.05, 0) is 36.8 Å². The molecule has 1 aliphatic rings. The SMILES string of the molecule is COCc1ccccc1C(=O)OC1CCCC(C)C1. The van der Waals surface area contributed by atoms with Gasteiger partial charge in [0.1, 0.15) is 6.10 Å². The number of benzene rings is 1. The van der Waals surface area contributed by atoms with Crippen LogP contribution < -0.4 is 0 Å². The summed E-state index contributed by atoms with van der Waals surface area (Å²) in [4.78, 5) is 12.2. The second-order valence-electron chi connectivity index (χ2n) is 5.39. The van der Waals surface area contributed by atoms with E-state index < -0.39 is 0 Å². The molecular weight excluding hydrogens is 240 g/mol. The zero-order chi connectivity index (χ0) is 13.7. The zero-order valence-electron chi connectivity index (χ0n) is 11.7. The quantitative estimate of drug-likeness (QED) is 0.778. The van der Waals surface area contributed by atoms with E-state index in [0.717, 1.165) is 24.8 Å². The standard InChI is InChI=1S/C16H22O3/c1-12-6-5-8-14(10-12)19-16(17)15-9-4-3-7-13(15)11-18-2/h3-4,7,9,12,14H,5-6,8,10-11H2,1-2H3. The third-order valence-electron chi connectivity index (χ3n) is 3.70. The predicted octanol–water partition coefficient (Wildman–Crippen LogP) is 3.57. The Balaban J connectivity index is 2.03. The highest BCUT2D eigenvalue weighted by molar-refractivity contribution is 5.91. The Labute approximate surface area is 114 Å². The topological polar surface area (TPSA) is 35.5 Å². The Morgan fingerprint density at radius 3 is 2.84 bits per heavy atom. The van der Waals surface area contributed by atoms with Gasteiger partial charge in [-0.2, -0.15) is 0 Å². The molecule has 3 nitrogen and oxygen atoms in total. The van der Waals surface area contributed by atoms with Gasteiger partial charge in [0.05, 0.1) is 12.2 Å². The highest BCUT2D eigenvalue weighted by Crippen LogP contribution is 2.26. The molecule has 0 aromatic heterocycles. The van der Waals surface area contributed by atoms with Crippen molar-refractivity contribution in [3.8, 4) is 0 Å². The van der Waals surface area contributed by atoms with Crippen LogP contribution in [0.1, 0.15) is 48.5 Å². The minimum atomic E-state index is -0.216. The third kappa shape index (κ3) is 3.80. The number of rotatable bonds is 4. The molecule has 0 amide bonds. The lowest BCUT2D eigenvalue weighted by Crippen LogP contribution is -2.25. The maximum atomic E-state index is 12.2. The Morgan fingerprint density at radius 2 is 2.11 bits per heavy atom. The normalized spacial score (nSPS) is 23.1. The van der Waals surface area contributed by atoms with Crippen molar-refractivity contribution < 1.29 is 14.3 Å². The van der Waals surface area contributed by atoms with Crippen LogP contribution in [0, 0.1) is 5.92 Å². The van der Waals surface area contributed by atoms with Crippen LogP contribution in [0.5, 0.6) is 0 Å². The molecule has 2 rings (SSSR count). The molecule has 2 unspecified atom stereocenters. The monoisotopic (exact) mass is 262 g/mol. The van der Waals surface area contributed by atoms with Gasteiger partial charge in [0.2, 0.25) is 0 Å². The number of ether oxygens (including phenoxy) is 2. The number of carbonyl (C=O) groups excluding carboxylic acids is 1. The van der Waals surface area contributed by atoms with E-state index in [1.54, 1.807) is 7.11 Å². The minimum Gasteiger partial charge on any atom is -0.459 e. The Morgan fingerprint density at radius 1 is 1.32 bits per heavy atom. The Hall–Kier alpha value is -1.35. The number of esters is 1. The van der Waals surface area contributed by atoms with Crippen LogP contribution in [-0.4, -0.2) is 19.2 Å². The van der Waals surface area contributed by atoms with E-state index in [9.17, 15) is 4.79 Å². The molecule has 104 valence electrons. The summed E-state index contributed by atoms with van der Waals surface area (Å²) in [7, 11) is 1.63. The fraction of sp³-hybridized carbons (Fsp3) is 0.562. The Kier molecular flexibility index (Phi) is 4.97. The molecule has 0 bridgehead atoms. The van der Waals surface area contributed by atoms with E-state index in [1.807, 2.05) is 24.3 Å². The van der Waals surface area contributed by atoms with Crippen LogP contribution in [0.3, 0.4) is 0 Å². The van der Waals surface area contributed by atoms with Gasteiger partial charge in [0, 0.05) is 7.11 Å². The molecule has 1 saturated carbocycles. The molecular formula is C16H22O3. The fourth-order valence-corrected chi connectivity index (χ4v) is 2.70. The highest BCUT2D eigenvalue weighted by Gasteiger charge is 2.23. The maximum absolute atomic E-state index is 12.2. The van der Waals surface area contributed by atoms with Crippen molar-refractivity contribution in [2.45, 2.75) is 45.3 Å². The lowest BCUT2D eigenvalue weighted by Gasteiger charge is -2.26. The van der Waals surface area contributed by atoms with Crippen molar-refractivity contribution in [1.29, 1.82) is 0 Å². The molecule has 1 aromatic carbocycles. The summed E-state index contributed by atoms with van der Waals surface area (Å²) < 4.78 is 10.8. The van der Waals surface area contributed by atoms with Crippen LogP contribution in [0.2, 0.25) is 0 Å². The second-order valence-corrected chi connectivity index (χ2v) is 5.39. The summed E-state index contributed by atoms with van der Waals surface area (Å²) in [6.07, 6.45) is 4.44. The summed E-state index contributed by atoms with van der Waals surface area (Å²) in [5, 5.41) is 0. The Bertz CT molecular complexity index is 428. The van der Waals surface area contributed by atoms with E-state index in [-0.39, 0.29) is 12.1 Å². The van der Waals surface area contributed by atoms with Gasteiger partial charge >= 0.3 is 5.97 Å². The van der Waals surface area contributed by atoms with Crippen LogP contribution in [0.4, 0.5) is 0 Å². The van der Waals surface area contributed by atoms with Gasteiger partial charge in [-0.1, -0.05) is 31.5 Å². The van der Waals surface area contributed by atoms with Crippen molar-refractivity contribution in [2.24, 2.45) is 5.92 Å². The summed E-state index contributed by atoms with van der Waals surface area (Å²) in [5.41, 5.74) is 1.52. The van der Waals surface area contributed by atoms with E-state index in [2.05, 4.69) is 6.92 Å². The molecule has 1 fully saturated rings. The van der Waals surface area contributed by atoms with Crippen LogP contribution in [-0.2, 0) is 16.1 Å². The zero-order valence-corrected chi connectivity index (χ0v) is 11.7. The first-order valence-corrected chi connectivity index (χ1v) is 6.98. The van der Waals surface area contributed by atoms with E-state index in [4.69, 9.17) is 9.47 Å². The molecule has 0 spiro atoms. The van der Waals surface area contributed by atoms with Crippen molar-refractivity contribution in [3.63, 3.8) is 0 Å². The molecule has 1 aliphatic carbocycles. The van der Waals surface area contributed by atoms with Gasteiger partial charge < -0.3 is 9.47 Å². The maximum Gasteiger partial charge on any atom is 0.338 e. The van der Waals surface area contributed by atoms with E-state index >= 15 is 0 Å². The molecule has 19 heavy (non-hydrogen) atoms. The summed E-state index contributed by atoms with van der Waals surface area (Å²) in [6.45, 7) is 2.66. The molecule has 0 N–H and O–H groups in total.